The Morgan fingerprint density at radius 1 is 1.44 bits per heavy atom. The van der Waals surface area contributed by atoms with Crippen molar-refractivity contribution >= 4 is 11.6 Å². The predicted octanol–water partition coefficient (Wildman–Crippen LogP) is 1.92. The third-order valence-electron chi connectivity index (χ3n) is 3.45. The lowest BCUT2D eigenvalue weighted by Gasteiger charge is -2.35. The smallest absolute Gasteiger partial charge is 0.265 e. The van der Waals surface area contributed by atoms with Crippen molar-refractivity contribution in [3.05, 3.63) is 23.3 Å². The first-order valence-electron chi connectivity index (χ1n) is 5.89. The fourth-order valence-electron chi connectivity index (χ4n) is 2.67. The van der Waals surface area contributed by atoms with Crippen molar-refractivity contribution in [2.45, 2.75) is 26.2 Å². The minimum atomic E-state index is 0.0988. The Balaban J connectivity index is 2.21. The van der Waals surface area contributed by atoms with Gasteiger partial charge in [0.05, 0.1) is 5.69 Å². The minimum absolute atomic E-state index is 0.0988. The molecule has 0 aliphatic carbocycles. The van der Waals surface area contributed by atoms with Crippen molar-refractivity contribution in [2.75, 3.05) is 18.1 Å². The van der Waals surface area contributed by atoms with Gasteiger partial charge in [0, 0.05) is 6.54 Å². The number of anilines is 1. The van der Waals surface area contributed by atoms with Crippen LogP contribution in [-0.2, 0) is 17.6 Å². The molecule has 0 saturated heterocycles. The van der Waals surface area contributed by atoms with Crippen molar-refractivity contribution in [3.63, 3.8) is 0 Å². The highest BCUT2D eigenvalue weighted by molar-refractivity contribution is 5.99. The molecular formula is C13H15NO2. The molecule has 3 heteroatoms. The third kappa shape index (κ3) is 1.24. The first kappa shape index (κ1) is 9.70. The van der Waals surface area contributed by atoms with E-state index in [4.69, 9.17) is 4.74 Å². The molecule has 3 rings (SSSR count). The van der Waals surface area contributed by atoms with Crippen LogP contribution in [0.4, 0.5) is 5.69 Å². The van der Waals surface area contributed by atoms with E-state index >= 15 is 0 Å². The molecule has 0 N–H and O–H groups in total. The molecule has 2 aliphatic rings. The van der Waals surface area contributed by atoms with Gasteiger partial charge in [0.2, 0.25) is 0 Å². The van der Waals surface area contributed by atoms with Crippen molar-refractivity contribution < 1.29 is 9.53 Å². The van der Waals surface area contributed by atoms with Gasteiger partial charge in [0.15, 0.2) is 6.61 Å². The van der Waals surface area contributed by atoms with E-state index in [0.717, 1.165) is 37.2 Å². The molecule has 0 saturated carbocycles. The van der Waals surface area contributed by atoms with E-state index in [-0.39, 0.29) is 12.5 Å². The lowest BCUT2D eigenvalue weighted by Crippen LogP contribution is -2.42. The molecule has 1 aromatic carbocycles. The second-order valence-electron chi connectivity index (χ2n) is 4.34. The zero-order valence-corrected chi connectivity index (χ0v) is 9.45. The SMILES string of the molecule is CCc1ccc2c3c1CCCN3C(=O)CO2. The molecule has 0 fully saturated rings. The van der Waals surface area contributed by atoms with Crippen LogP contribution in [0.5, 0.6) is 5.75 Å². The molecule has 16 heavy (non-hydrogen) atoms. The molecule has 2 heterocycles. The van der Waals surface area contributed by atoms with Gasteiger partial charge >= 0.3 is 0 Å². The van der Waals surface area contributed by atoms with Crippen molar-refractivity contribution in [1.82, 2.24) is 0 Å². The number of rotatable bonds is 1. The number of amides is 1. The fraction of sp³-hybridized carbons (Fsp3) is 0.462. The highest BCUT2D eigenvalue weighted by atomic mass is 16.5. The molecule has 1 aromatic rings. The number of carbonyl (C=O) groups is 1. The van der Waals surface area contributed by atoms with Crippen molar-refractivity contribution in [1.29, 1.82) is 0 Å². The van der Waals surface area contributed by atoms with Crippen LogP contribution in [0.1, 0.15) is 24.5 Å². The number of hydrogen-bond donors (Lipinski definition) is 0. The Morgan fingerprint density at radius 2 is 2.31 bits per heavy atom. The van der Waals surface area contributed by atoms with Crippen molar-refractivity contribution in [2.24, 2.45) is 0 Å². The van der Waals surface area contributed by atoms with Crippen LogP contribution in [0.2, 0.25) is 0 Å². The van der Waals surface area contributed by atoms with Gasteiger partial charge in [-0.2, -0.15) is 0 Å². The number of ether oxygens (including phenoxy) is 1. The number of carbonyl (C=O) groups excluding carboxylic acids is 1. The Labute approximate surface area is 95.0 Å². The van der Waals surface area contributed by atoms with E-state index in [9.17, 15) is 4.79 Å². The van der Waals surface area contributed by atoms with Crippen molar-refractivity contribution in [3.8, 4) is 5.75 Å². The Kier molecular flexibility index (Phi) is 2.13. The lowest BCUT2D eigenvalue weighted by molar-refractivity contribution is -0.121. The van der Waals surface area contributed by atoms with Gasteiger partial charge in [-0.15, -0.1) is 0 Å². The second-order valence-corrected chi connectivity index (χ2v) is 4.34. The van der Waals surface area contributed by atoms with Crippen LogP contribution in [0.25, 0.3) is 0 Å². The van der Waals surface area contributed by atoms with E-state index in [1.54, 1.807) is 0 Å². The minimum Gasteiger partial charge on any atom is -0.482 e. The average Bonchev–Trinajstić information content (AvgIpc) is 2.34. The molecule has 0 bridgehead atoms. The number of benzene rings is 1. The highest BCUT2D eigenvalue weighted by Crippen LogP contribution is 2.40. The molecule has 2 aliphatic heterocycles. The van der Waals surface area contributed by atoms with Gasteiger partial charge in [-0.25, -0.2) is 0 Å². The van der Waals surface area contributed by atoms with E-state index in [2.05, 4.69) is 13.0 Å². The maximum absolute atomic E-state index is 11.8. The average molecular weight is 217 g/mol. The Bertz CT molecular complexity index is 453. The third-order valence-corrected chi connectivity index (χ3v) is 3.45. The van der Waals surface area contributed by atoms with Crippen LogP contribution in [0, 0.1) is 0 Å². The molecule has 0 aromatic heterocycles. The monoisotopic (exact) mass is 217 g/mol. The molecule has 84 valence electrons. The highest BCUT2D eigenvalue weighted by Gasteiger charge is 2.31. The quantitative estimate of drug-likeness (QED) is 0.719. The van der Waals surface area contributed by atoms with E-state index in [0.29, 0.717) is 0 Å². The zero-order valence-electron chi connectivity index (χ0n) is 9.45. The summed E-state index contributed by atoms with van der Waals surface area (Å²) >= 11 is 0. The molecule has 0 unspecified atom stereocenters. The molecule has 0 spiro atoms. The summed E-state index contributed by atoms with van der Waals surface area (Å²) < 4.78 is 5.49. The topological polar surface area (TPSA) is 29.5 Å². The molecule has 0 atom stereocenters. The summed E-state index contributed by atoms with van der Waals surface area (Å²) in [5.41, 5.74) is 3.71. The van der Waals surface area contributed by atoms with Gasteiger partial charge in [-0.1, -0.05) is 13.0 Å². The standard InChI is InChI=1S/C13H15NO2/c1-2-9-5-6-11-13-10(9)4-3-7-14(13)12(15)8-16-11/h5-6H,2-4,7-8H2,1H3. The maximum Gasteiger partial charge on any atom is 0.265 e. The van der Waals surface area contributed by atoms with E-state index in [1.165, 1.54) is 11.1 Å². The van der Waals surface area contributed by atoms with Gasteiger partial charge in [0.25, 0.3) is 5.91 Å². The van der Waals surface area contributed by atoms with Gasteiger partial charge in [-0.05, 0) is 36.5 Å². The summed E-state index contributed by atoms with van der Waals surface area (Å²) in [6, 6.07) is 4.13. The van der Waals surface area contributed by atoms with E-state index in [1.807, 2.05) is 11.0 Å². The number of aryl methyl sites for hydroxylation is 1. The summed E-state index contributed by atoms with van der Waals surface area (Å²) in [5, 5.41) is 0. The predicted molar refractivity (Wildman–Crippen MR) is 62.0 cm³/mol. The van der Waals surface area contributed by atoms with Crippen LogP contribution < -0.4 is 9.64 Å². The fourth-order valence-corrected chi connectivity index (χ4v) is 2.67. The number of nitrogens with zero attached hydrogens (tertiary/aromatic N) is 1. The van der Waals surface area contributed by atoms with Gasteiger partial charge in [-0.3, -0.25) is 4.79 Å². The lowest BCUT2D eigenvalue weighted by atomic mass is 9.93. The Morgan fingerprint density at radius 3 is 3.12 bits per heavy atom. The molecule has 1 amide bonds. The normalized spacial score (nSPS) is 18.1. The summed E-state index contributed by atoms with van der Waals surface area (Å²) in [6.45, 7) is 3.19. The largest absolute Gasteiger partial charge is 0.482 e. The Hall–Kier alpha value is -1.51. The molecular weight excluding hydrogens is 202 g/mol. The van der Waals surface area contributed by atoms with Gasteiger partial charge in [0.1, 0.15) is 5.75 Å². The van der Waals surface area contributed by atoms with Crippen LogP contribution in [0.3, 0.4) is 0 Å². The first-order valence-corrected chi connectivity index (χ1v) is 5.89. The van der Waals surface area contributed by atoms with Crippen LogP contribution >= 0.6 is 0 Å². The molecule has 3 nitrogen and oxygen atoms in total. The van der Waals surface area contributed by atoms with E-state index < -0.39 is 0 Å². The first-order chi connectivity index (χ1) is 7.81. The number of hydrogen-bond acceptors (Lipinski definition) is 2. The van der Waals surface area contributed by atoms with Crippen LogP contribution in [-0.4, -0.2) is 19.1 Å². The van der Waals surface area contributed by atoms with Gasteiger partial charge < -0.3 is 9.64 Å². The summed E-state index contributed by atoms with van der Waals surface area (Å²) in [6.07, 6.45) is 3.15. The summed E-state index contributed by atoms with van der Waals surface area (Å²) in [7, 11) is 0. The second kappa shape index (κ2) is 3.51. The molecule has 0 radical (unpaired) electrons. The van der Waals surface area contributed by atoms with Crippen LogP contribution in [0.15, 0.2) is 12.1 Å². The zero-order chi connectivity index (χ0) is 11.1. The summed E-state index contributed by atoms with van der Waals surface area (Å²) in [4.78, 5) is 13.7. The maximum atomic E-state index is 11.8. The summed E-state index contributed by atoms with van der Waals surface area (Å²) in [5.74, 6) is 0.980.